The lowest BCUT2D eigenvalue weighted by atomic mass is 10.5. The number of aryl methyl sites for hydroxylation is 2. The molecule has 2 aromatic heterocycles. The number of halogens is 4. The Morgan fingerprint density at radius 1 is 1.26 bits per heavy atom. The van der Waals surface area contributed by atoms with Gasteiger partial charge in [-0.25, -0.2) is 14.3 Å². The van der Waals surface area contributed by atoms with E-state index in [4.69, 9.17) is 46.4 Å². The van der Waals surface area contributed by atoms with Crippen LogP contribution in [-0.4, -0.2) is 18.7 Å². The van der Waals surface area contributed by atoms with Crippen LogP contribution in [0.15, 0.2) is 9.59 Å². The number of aromatic nitrogens is 4. The smallest absolute Gasteiger partial charge is 0.325 e. The van der Waals surface area contributed by atoms with Crippen LogP contribution in [0.4, 0.5) is 0 Å². The summed E-state index contributed by atoms with van der Waals surface area (Å²) in [5, 5.41) is 0. The molecular weight excluding hydrogens is 338 g/mol. The van der Waals surface area contributed by atoms with E-state index in [1.54, 1.807) is 14.0 Å². The second-order valence-corrected chi connectivity index (χ2v) is 6.29. The normalized spacial score (nSPS) is 12.3. The predicted octanol–water partition coefficient (Wildman–Crippen LogP) is 1.69. The highest BCUT2D eigenvalue weighted by atomic mass is 35.6. The molecule has 6 nitrogen and oxygen atoms in total. The first kappa shape index (κ1) is 14.7. The van der Waals surface area contributed by atoms with Crippen molar-refractivity contribution >= 4 is 57.6 Å². The molecule has 0 radical (unpaired) electrons. The van der Waals surface area contributed by atoms with Crippen LogP contribution in [0.2, 0.25) is 0 Å². The SMILES string of the molecule is Cc1nc2c(c(=O)n(C(Cl)(Cl)Cl)c(=O)n2CCl)n1C. The molecule has 0 aromatic carbocycles. The van der Waals surface area contributed by atoms with Gasteiger partial charge in [-0.3, -0.25) is 9.36 Å². The minimum atomic E-state index is -2.20. The van der Waals surface area contributed by atoms with Gasteiger partial charge >= 0.3 is 5.69 Å². The zero-order valence-corrected chi connectivity index (χ0v) is 12.8. The van der Waals surface area contributed by atoms with Crippen LogP contribution in [0.3, 0.4) is 0 Å². The summed E-state index contributed by atoms with van der Waals surface area (Å²) in [6.07, 6.45) is 0. The van der Waals surface area contributed by atoms with E-state index in [0.717, 1.165) is 4.57 Å². The Balaban J connectivity index is 3.14. The molecule has 0 amide bonds. The second kappa shape index (κ2) is 4.70. The van der Waals surface area contributed by atoms with Crippen LogP contribution < -0.4 is 11.2 Å². The van der Waals surface area contributed by atoms with Gasteiger partial charge in [0.05, 0.1) is 0 Å². The van der Waals surface area contributed by atoms with Crippen LogP contribution in [0, 0.1) is 6.92 Å². The molecular formula is C9H8Cl4N4O2. The summed E-state index contributed by atoms with van der Waals surface area (Å²) < 4.78 is 0.887. The highest BCUT2D eigenvalue weighted by Gasteiger charge is 2.30. The quantitative estimate of drug-likeness (QED) is 0.739. The summed E-state index contributed by atoms with van der Waals surface area (Å²) in [6.45, 7) is 1.68. The van der Waals surface area contributed by atoms with E-state index in [0.29, 0.717) is 10.4 Å². The van der Waals surface area contributed by atoms with Crippen molar-refractivity contribution in [2.45, 2.75) is 16.8 Å². The van der Waals surface area contributed by atoms with E-state index in [1.807, 2.05) is 0 Å². The lowest BCUT2D eigenvalue weighted by Gasteiger charge is -2.15. The predicted molar refractivity (Wildman–Crippen MR) is 75.4 cm³/mol. The van der Waals surface area contributed by atoms with E-state index in [1.165, 1.54) is 4.57 Å². The van der Waals surface area contributed by atoms with Gasteiger partial charge in [-0.1, -0.05) is 34.8 Å². The van der Waals surface area contributed by atoms with E-state index in [-0.39, 0.29) is 17.2 Å². The molecule has 2 rings (SSSR count). The molecule has 0 aliphatic heterocycles. The average Bonchev–Trinajstić information content (AvgIpc) is 2.54. The van der Waals surface area contributed by atoms with Gasteiger partial charge < -0.3 is 4.57 Å². The monoisotopic (exact) mass is 344 g/mol. The summed E-state index contributed by atoms with van der Waals surface area (Å²) in [7, 11) is 1.62. The second-order valence-electron chi connectivity index (χ2n) is 3.83. The number of alkyl halides is 4. The fourth-order valence-electron chi connectivity index (χ4n) is 1.76. The van der Waals surface area contributed by atoms with Crippen LogP contribution >= 0.6 is 46.4 Å². The first-order valence-electron chi connectivity index (χ1n) is 5.02. The summed E-state index contributed by atoms with van der Waals surface area (Å²) in [4.78, 5) is 28.6. The highest BCUT2D eigenvalue weighted by molar-refractivity contribution is 6.64. The van der Waals surface area contributed by atoms with Crippen molar-refractivity contribution in [3.8, 4) is 0 Å². The first-order valence-corrected chi connectivity index (χ1v) is 6.69. The van der Waals surface area contributed by atoms with Gasteiger partial charge in [-0.2, -0.15) is 0 Å². The molecule has 0 aliphatic carbocycles. The zero-order valence-electron chi connectivity index (χ0n) is 9.82. The average molecular weight is 346 g/mol. The van der Waals surface area contributed by atoms with Gasteiger partial charge in [0.15, 0.2) is 11.2 Å². The number of fused-ring (bicyclic) bond motifs is 1. The van der Waals surface area contributed by atoms with Gasteiger partial charge in [0.2, 0.25) is 0 Å². The van der Waals surface area contributed by atoms with Gasteiger partial charge in [0.1, 0.15) is 11.8 Å². The molecule has 2 heterocycles. The van der Waals surface area contributed by atoms with Crippen molar-refractivity contribution in [3.63, 3.8) is 0 Å². The van der Waals surface area contributed by atoms with Crippen molar-refractivity contribution in [3.05, 3.63) is 26.7 Å². The van der Waals surface area contributed by atoms with E-state index in [2.05, 4.69) is 4.98 Å². The number of imidazole rings is 1. The van der Waals surface area contributed by atoms with Gasteiger partial charge in [0, 0.05) is 7.05 Å². The summed E-state index contributed by atoms with van der Waals surface area (Å²) >= 11 is 22.7. The van der Waals surface area contributed by atoms with Crippen LogP contribution in [-0.2, 0) is 17.0 Å². The van der Waals surface area contributed by atoms with E-state index >= 15 is 0 Å². The fraction of sp³-hybridized carbons (Fsp3) is 0.444. The van der Waals surface area contributed by atoms with Crippen LogP contribution in [0.5, 0.6) is 0 Å². The van der Waals surface area contributed by atoms with Crippen molar-refractivity contribution < 1.29 is 0 Å². The van der Waals surface area contributed by atoms with Gasteiger partial charge in [-0.05, 0) is 6.92 Å². The summed E-state index contributed by atoms with van der Waals surface area (Å²) in [6, 6.07) is -0.215. The molecule has 0 saturated heterocycles. The Kier molecular flexibility index (Phi) is 3.64. The maximum Gasteiger partial charge on any atom is 0.337 e. The Morgan fingerprint density at radius 3 is 2.32 bits per heavy atom. The molecule has 0 spiro atoms. The van der Waals surface area contributed by atoms with E-state index < -0.39 is 15.2 Å². The largest absolute Gasteiger partial charge is 0.337 e. The molecule has 0 fully saturated rings. The molecule has 10 heteroatoms. The third-order valence-corrected chi connectivity index (χ3v) is 3.50. The van der Waals surface area contributed by atoms with Crippen molar-refractivity contribution in [1.82, 2.24) is 18.7 Å². The Morgan fingerprint density at radius 2 is 1.84 bits per heavy atom. The highest BCUT2D eigenvalue weighted by Crippen LogP contribution is 2.29. The molecule has 2 aromatic rings. The lowest BCUT2D eigenvalue weighted by molar-refractivity contribution is 0.639. The number of hydrogen-bond acceptors (Lipinski definition) is 3. The Bertz CT molecular complexity index is 768. The lowest BCUT2D eigenvalue weighted by Crippen LogP contribution is -2.45. The molecule has 0 aliphatic rings. The molecule has 104 valence electrons. The zero-order chi connectivity index (χ0) is 14.5. The number of rotatable bonds is 1. The standard InChI is InChI=1S/C9H8Cl4N4O2/c1-4-14-6-5(15(4)2)7(18)17(9(11,12)13)8(19)16(6)3-10/h3H2,1-2H3. The summed E-state index contributed by atoms with van der Waals surface area (Å²) in [5.41, 5.74) is -1.25. The first-order chi connectivity index (χ1) is 8.70. The van der Waals surface area contributed by atoms with Gasteiger partial charge in [-0.15, -0.1) is 11.6 Å². The molecule has 0 saturated carbocycles. The van der Waals surface area contributed by atoms with Crippen molar-refractivity contribution in [1.29, 1.82) is 0 Å². The minimum absolute atomic E-state index is 0.143. The van der Waals surface area contributed by atoms with Crippen LogP contribution in [0.25, 0.3) is 11.2 Å². The maximum atomic E-state index is 12.3. The van der Waals surface area contributed by atoms with Gasteiger partial charge in [0.25, 0.3) is 9.48 Å². The molecule has 19 heavy (non-hydrogen) atoms. The topological polar surface area (TPSA) is 61.8 Å². The van der Waals surface area contributed by atoms with Crippen molar-refractivity contribution in [2.24, 2.45) is 7.05 Å². The summed E-state index contributed by atoms with van der Waals surface area (Å²) in [5.74, 6) is 0.535. The fourth-order valence-corrected chi connectivity index (χ4v) is 2.42. The molecule has 0 unspecified atom stereocenters. The maximum absolute atomic E-state index is 12.3. The van der Waals surface area contributed by atoms with Crippen LogP contribution in [0.1, 0.15) is 5.82 Å². The number of hydrogen-bond donors (Lipinski definition) is 0. The third-order valence-electron chi connectivity index (χ3n) is 2.76. The molecule has 0 N–H and O–H groups in total. The Labute approximate surface area is 127 Å². The third kappa shape index (κ3) is 2.16. The molecule has 0 bridgehead atoms. The minimum Gasteiger partial charge on any atom is -0.325 e. The van der Waals surface area contributed by atoms with E-state index in [9.17, 15) is 9.59 Å². The number of nitrogens with zero attached hydrogens (tertiary/aromatic N) is 4. The van der Waals surface area contributed by atoms with Crippen molar-refractivity contribution in [2.75, 3.05) is 0 Å². The molecule has 0 atom stereocenters. The Hall–Kier alpha value is -0.690.